The van der Waals surface area contributed by atoms with E-state index in [1.807, 2.05) is 49.4 Å². The molecule has 4 nitrogen and oxygen atoms in total. The molecular weight excluding hydrogens is 424 g/mol. The summed E-state index contributed by atoms with van der Waals surface area (Å²) in [5.41, 5.74) is 3.26. The Balaban J connectivity index is 1.57. The van der Waals surface area contributed by atoms with Crippen LogP contribution in [-0.2, 0) is 17.8 Å². The van der Waals surface area contributed by atoms with E-state index in [1.165, 1.54) is 11.8 Å². The molecule has 6 heteroatoms. The minimum atomic E-state index is -0.0171. The van der Waals surface area contributed by atoms with Gasteiger partial charge in [0.1, 0.15) is 16.7 Å². The highest BCUT2D eigenvalue weighted by Crippen LogP contribution is 2.34. The lowest BCUT2D eigenvalue weighted by atomic mass is 10.1. The maximum absolute atomic E-state index is 12.6. The van der Waals surface area contributed by atoms with E-state index in [0.717, 1.165) is 34.2 Å². The molecule has 0 unspecified atom stereocenters. The van der Waals surface area contributed by atoms with Gasteiger partial charge in [-0.3, -0.25) is 9.69 Å². The molecule has 1 aliphatic rings. The Labute approximate surface area is 192 Å². The van der Waals surface area contributed by atoms with Crippen LogP contribution in [0.3, 0.4) is 0 Å². The Morgan fingerprint density at radius 1 is 1.16 bits per heavy atom. The zero-order valence-corrected chi connectivity index (χ0v) is 19.0. The van der Waals surface area contributed by atoms with Gasteiger partial charge in [0.05, 0.1) is 11.4 Å². The lowest BCUT2D eigenvalue weighted by Crippen LogP contribution is -2.27. The largest absolute Gasteiger partial charge is 0.491 e. The molecule has 0 aliphatic carbocycles. The van der Waals surface area contributed by atoms with Crippen molar-refractivity contribution < 1.29 is 9.53 Å². The number of para-hydroxylation sites is 2. The molecule has 1 aliphatic heterocycles. The molecule has 1 fully saturated rings. The Morgan fingerprint density at radius 2 is 1.94 bits per heavy atom. The molecule has 158 valence electrons. The van der Waals surface area contributed by atoms with Gasteiger partial charge in [0.2, 0.25) is 0 Å². The number of ether oxygens (including phenoxy) is 1. The van der Waals surface area contributed by atoms with Crippen LogP contribution in [0.25, 0.3) is 17.0 Å². The number of aromatic nitrogens is 1. The third-order valence-corrected chi connectivity index (χ3v) is 6.60. The molecule has 1 aromatic heterocycles. The number of carbonyl (C=O) groups excluding carboxylic acids is 1. The van der Waals surface area contributed by atoms with Crippen molar-refractivity contribution in [2.75, 3.05) is 13.2 Å². The molecule has 3 aromatic rings. The van der Waals surface area contributed by atoms with Crippen LogP contribution >= 0.6 is 24.0 Å². The Hall–Kier alpha value is -2.83. The highest BCUT2D eigenvalue weighted by Gasteiger charge is 2.30. The SMILES string of the molecule is C=CCc1ccccc1OCCn1cc(C=C2SC(=S)N(CC)C2=O)c2ccccc21. The van der Waals surface area contributed by atoms with E-state index < -0.39 is 0 Å². The molecule has 1 saturated heterocycles. The predicted molar refractivity (Wildman–Crippen MR) is 133 cm³/mol. The van der Waals surface area contributed by atoms with Crippen molar-refractivity contribution in [2.45, 2.75) is 19.9 Å². The van der Waals surface area contributed by atoms with E-state index in [9.17, 15) is 4.79 Å². The normalized spacial score (nSPS) is 15.3. The van der Waals surface area contributed by atoms with Gasteiger partial charge >= 0.3 is 0 Å². The maximum atomic E-state index is 12.6. The Bertz CT molecular complexity index is 1180. The molecule has 31 heavy (non-hydrogen) atoms. The van der Waals surface area contributed by atoms with Crippen LogP contribution in [0.15, 0.2) is 72.3 Å². The molecule has 2 aromatic carbocycles. The first-order valence-corrected chi connectivity index (χ1v) is 11.5. The Morgan fingerprint density at radius 3 is 2.71 bits per heavy atom. The fraction of sp³-hybridized carbons (Fsp3) is 0.200. The van der Waals surface area contributed by atoms with Crippen molar-refractivity contribution in [1.29, 1.82) is 0 Å². The summed E-state index contributed by atoms with van der Waals surface area (Å²) in [5, 5.41) is 1.11. The minimum Gasteiger partial charge on any atom is -0.491 e. The van der Waals surface area contributed by atoms with Crippen LogP contribution in [0.2, 0.25) is 0 Å². The van der Waals surface area contributed by atoms with Crippen molar-refractivity contribution in [3.8, 4) is 5.75 Å². The van der Waals surface area contributed by atoms with Crippen molar-refractivity contribution in [1.82, 2.24) is 9.47 Å². The number of thiocarbonyl (C=S) groups is 1. The van der Waals surface area contributed by atoms with E-state index in [1.54, 1.807) is 4.90 Å². The van der Waals surface area contributed by atoms with Crippen LogP contribution in [-0.4, -0.2) is 32.8 Å². The first-order chi connectivity index (χ1) is 15.1. The molecule has 0 spiro atoms. The highest BCUT2D eigenvalue weighted by atomic mass is 32.2. The van der Waals surface area contributed by atoms with Crippen molar-refractivity contribution in [2.24, 2.45) is 0 Å². The average molecular weight is 449 g/mol. The van der Waals surface area contributed by atoms with Crippen LogP contribution < -0.4 is 4.74 Å². The van der Waals surface area contributed by atoms with E-state index >= 15 is 0 Å². The molecule has 4 rings (SSSR count). The zero-order valence-electron chi connectivity index (χ0n) is 17.4. The summed E-state index contributed by atoms with van der Waals surface area (Å²) >= 11 is 6.71. The van der Waals surface area contributed by atoms with Gasteiger partial charge in [0.25, 0.3) is 5.91 Å². The standard InChI is InChI=1S/C25H24N2O2S2/c1-3-9-18-10-5-8-13-22(18)29-15-14-26-17-19(20-11-6-7-12-21(20)26)16-23-24(28)27(4-2)25(30)31-23/h3,5-8,10-13,16-17H,1,4,9,14-15H2,2H3. The van der Waals surface area contributed by atoms with E-state index in [2.05, 4.69) is 35.5 Å². The van der Waals surface area contributed by atoms with Crippen molar-refractivity contribution in [3.63, 3.8) is 0 Å². The topological polar surface area (TPSA) is 34.5 Å². The van der Waals surface area contributed by atoms with Crippen LogP contribution in [0.5, 0.6) is 5.75 Å². The van der Waals surface area contributed by atoms with Crippen LogP contribution in [0.4, 0.5) is 0 Å². The molecule has 1 amide bonds. The van der Waals surface area contributed by atoms with E-state index in [-0.39, 0.29) is 5.91 Å². The number of nitrogens with zero attached hydrogens (tertiary/aromatic N) is 2. The number of benzene rings is 2. The lowest BCUT2D eigenvalue weighted by molar-refractivity contribution is -0.121. The molecule has 2 heterocycles. The highest BCUT2D eigenvalue weighted by molar-refractivity contribution is 8.26. The quantitative estimate of drug-likeness (QED) is 0.253. The van der Waals surface area contributed by atoms with E-state index in [4.69, 9.17) is 17.0 Å². The summed E-state index contributed by atoms with van der Waals surface area (Å²) in [7, 11) is 0. The summed E-state index contributed by atoms with van der Waals surface area (Å²) in [5.74, 6) is 0.874. The molecule has 0 saturated carbocycles. The van der Waals surface area contributed by atoms with Gasteiger partial charge in [-0.2, -0.15) is 0 Å². The van der Waals surface area contributed by atoms with Gasteiger partial charge in [-0.15, -0.1) is 6.58 Å². The third kappa shape index (κ3) is 4.45. The lowest BCUT2D eigenvalue weighted by Gasteiger charge is -2.11. The minimum absolute atomic E-state index is 0.0171. The number of rotatable bonds is 8. The van der Waals surface area contributed by atoms with Crippen LogP contribution in [0.1, 0.15) is 18.1 Å². The summed E-state index contributed by atoms with van der Waals surface area (Å²) in [6, 6.07) is 16.3. The summed E-state index contributed by atoms with van der Waals surface area (Å²) in [6.45, 7) is 7.60. The second kappa shape index (κ2) is 9.54. The fourth-order valence-corrected chi connectivity index (χ4v) is 5.09. The number of allylic oxidation sites excluding steroid dienone is 1. The smallest absolute Gasteiger partial charge is 0.266 e. The molecule has 0 N–H and O–H groups in total. The summed E-state index contributed by atoms with van der Waals surface area (Å²) in [4.78, 5) is 14.9. The van der Waals surface area contributed by atoms with Gasteiger partial charge in [-0.1, -0.05) is 66.5 Å². The number of likely N-dealkylation sites (N-methyl/N-ethyl adjacent to an activating group) is 1. The monoisotopic (exact) mass is 448 g/mol. The number of hydrogen-bond donors (Lipinski definition) is 0. The predicted octanol–water partition coefficient (Wildman–Crippen LogP) is 5.67. The molecular formula is C25H24N2O2S2. The maximum Gasteiger partial charge on any atom is 0.266 e. The van der Waals surface area contributed by atoms with Gasteiger partial charge in [-0.25, -0.2) is 0 Å². The van der Waals surface area contributed by atoms with Crippen molar-refractivity contribution >= 4 is 51.2 Å². The van der Waals surface area contributed by atoms with Crippen molar-refractivity contribution in [3.05, 3.63) is 83.4 Å². The van der Waals surface area contributed by atoms with Gasteiger partial charge in [0, 0.05) is 29.2 Å². The average Bonchev–Trinajstić information content (AvgIpc) is 3.26. The zero-order chi connectivity index (χ0) is 21.8. The third-order valence-electron chi connectivity index (χ3n) is 5.22. The number of carbonyl (C=O) groups is 1. The number of amides is 1. The van der Waals surface area contributed by atoms with E-state index in [0.29, 0.717) is 28.9 Å². The second-order valence-electron chi connectivity index (χ2n) is 7.17. The van der Waals surface area contributed by atoms with Gasteiger partial charge < -0.3 is 9.30 Å². The molecule has 0 radical (unpaired) electrons. The van der Waals surface area contributed by atoms with Gasteiger partial charge in [-0.05, 0) is 37.1 Å². The first-order valence-electron chi connectivity index (χ1n) is 10.3. The summed E-state index contributed by atoms with van der Waals surface area (Å²) < 4.78 is 8.88. The van der Waals surface area contributed by atoms with Crippen LogP contribution in [0, 0.1) is 0 Å². The Kier molecular flexibility index (Phi) is 6.59. The number of hydrogen-bond acceptors (Lipinski definition) is 4. The summed E-state index contributed by atoms with van der Waals surface area (Å²) in [6.07, 6.45) is 6.70. The first kappa shape index (κ1) is 21.4. The van der Waals surface area contributed by atoms with Gasteiger partial charge in [0.15, 0.2) is 0 Å². The fourth-order valence-electron chi connectivity index (χ4n) is 3.71. The number of fused-ring (bicyclic) bond motifs is 1. The second-order valence-corrected chi connectivity index (χ2v) is 8.85. The molecule has 0 atom stereocenters. The number of thioether (sulfide) groups is 1. The molecule has 0 bridgehead atoms.